The monoisotopic (exact) mass is 307 g/mol. The number of hydrogen-bond donors (Lipinski definition) is 0. The average molecular weight is 308 g/mol. The molecular weight excluding hydrogens is 302 g/mol. The smallest absolute Gasteiger partial charge is 0.299 e. The molecule has 1 aliphatic heterocycles. The van der Waals surface area contributed by atoms with Crippen molar-refractivity contribution in [1.82, 2.24) is 10.1 Å². The molecule has 2 aromatic rings. The lowest BCUT2D eigenvalue weighted by atomic mass is 10.1. The molecule has 0 bridgehead atoms. The molecule has 90 valence electrons. The molecule has 0 spiro atoms. The summed E-state index contributed by atoms with van der Waals surface area (Å²) in [6, 6.07) is 5.11. The summed E-state index contributed by atoms with van der Waals surface area (Å²) in [6.07, 6.45) is 1.18. The van der Waals surface area contributed by atoms with Crippen molar-refractivity contribution in [2.24, 2.45) is 0 Å². The molecule has 1 amide bonds. The second-order valence-electron chi connectivity index (χ2n) is 3.73. The van der Waals surface area contributed by atoms with Crippen LogP contribution >= 0.6 is 15.9 Å². The van der Waals surface area contributed by atoms with Crippen molar-refractivity contribution < 1.29 is 14.1 Å². The summed E-state index contributed by atoms with van der Waals surface area (Å²) in [5.41, 5.74) is 0.955. The number of nitrogens with zero attached hydrogens (tertiary/aromatic N) is 3. The van der Waals surface area contributed by atoms with Crippen molar-refractivity contribution in [1.29, 1.82) is 0 Å². The highest BCUT2D eigenvalue weighted by Gasteiger charge is 2.36. The van der Waals surface area contributed by atoms with E-state index in [-0.39, 0.29) is 6.54 Å². The zero-order chi connectivity index (χ0) is 12.7. The van der Waals surface area contributed by atoms with E-state index in [4.69, 9.17) is 0 Å². The van der Waals surface area contributed by atoms with Crippen LogP contribution in [0.5, 0.6) is 0 Å². The van der Waals surface area contributed by atoms with Gasteiger partial charge in [0.25, 0.3) is 11.7 Å². The highest BCUT2D eigenvalue weighted by molar-refractivity contribution is 9.10. The summed E-state index contributed by atoms with van der Waals surface area (Å²) in [6.45, 7) is 0.121. The van der Waals surface area contributed by atoms with Crippen LogP contribution in [-0.2, 0) is 11.3 Å². The molecule has 0 radical (unpaired) electrons. The Balaban J connectivity index is 2.02. The number of carbonyl (C=O) groups is 2. The highest BCUT2D eigenvalue weighted by atomic mass is 79.9. The molecular formula is C11H6BrN3O3. The average Bonchev–Trinajstić information content (AvgIpc) is 2.94. The van der Waals surface area contributed by atoms with Crippen LogP contribution in [0.2, 0.25) is 0 Å². The first kappa shape index (κ1) is 11.1. The maximum atomic E-state index is 11.9. The van der Waals surface area contributed by atoms with Crippen LogP contribution < -0.4 is 4.90 Å². The Hall–Kier alpha value is -2.02. The molecule has 0 atom stereocenters. The van der Waals surface area contributed by atoms with Gasteiger partial charge in [-0.05, 0) is 18.2 Å². The molecule has 1 aromatic heterocycles. The fourth-order valence-corrected chi connectivity index (χ4v) is 2.19. The quantitative estimate of drug-likeness (QED) is 0.787. The maximum absolute atomic E-state index is 11.9. The first-order chi connectivity index (χ1) is 8.66. The number of fused-ring (bicyclic) bond motifs is 1. The number of carbonyl (C=O) groups excluding carboxylic acids is 2. The minimum atomic E-state index is -0.576. The number of aromatic nitrogens is 2. The first-order valence-electron chi connectivity index (χ1n) is 5.08. The van der Waals surface area contributed by atoms with Crippen molar-refractivity contribution in [2.45, 2.75) is 6.54 Å². The summed E-state index contributed by atoms with van der Waals surface area (Å²) in [5.74, 6) is -0.741. The second-order valence-corrected chi connectivity index (χ2v) is 4.65. The Morgan fingerprint density at radius 1 is 1.33 bits per heavy atom. The van der Waals surface area contributed by atoms with Gasteiger partial charge in [-0.3, -0.25) is 14.5 Å². The van der Waals surface area contributed by atoms with Gasteiger partial charge in [-0.1, -0.05) is 21.1 Å². The Morgan fingerprint density at radius 2 is 2.17 bits per heavy atom. The molecule has 0 saturated heterocycles. The number of halogens is 1. The number of hydrogen-bond acceptors (Lipinski definition) is 5. The van der Waals surface area contributed by atoms with Gasteiger partial charge in [0.15, 0.2) is 5.82 Å². The van der Waals surface area contributed by atoms with Gasteiger partial charge in [0.05, 0.1) is 17.8 Å². The fraction of sp³-hybridized carbons (Fsp3) is 0.0909. The minimum Gasteiger partial charge on any atom is -0.343 e. The summed E-state index contributed by atoms with van der Waals surface area (Å²) in [7, 11) is 0. The number of ketones is 1. The van der Waals surface area contributed by atoms with Gasteiger partial charge in [0.2, 0.25) is 6.39 Å². The Kier molecular flexibility index (Phi) is 2.48. The predicted molar refractivity (Wildman–Crippen MR) is 64.0 cm³/mol. The van der Waals surface area contributed by atoms with E-state index in [2.05, 4.69) is 30.6 Å². The third-order valence-corrected chi connectivity index (χ3v) is 3.13. The van der Waals surface area contributed by atoms with Crippen molar-refractivity contribution >= 4 is 33.3 Å². The number of Topliss-reactive ketones (excluding diaryl/α,β-unsaturated/α-hetero) is 1. The molecule has 1 aliphatic rings. The molecule has 18 heavy (non-hydrogen) atoms. The van der Waals surface area contributed by atoms with Gasteiger partial charge in [-0.25, -0.2) is 0 Å². The van der Waals surface area contributed by atoms with Gasteiger partial charge in [-0.2, -0.15) is 4.98 Å². The van der Waals surface area contributed by atoms with E-state index < -0.39 is 11.7 Å². The van der Waals surface area contributed by atoms with Crippen molar-refractivity contribution in [2.75, 3.05) is 4.90 Å². The second kappa shape index (κ2) is 4.02. The predicted octanol–water partition coefficient (Wildman–Crippen LogP) is 1.56. The van der Waals surface area contributed by atoms with Crippen molar-refractivity contribution in [3.8, 4) is 0 Å². The fourth-order valence-electron chi connectivity index (χ4n) is 1.83. The molecule has 1 aromatic carbocycles. The molecule has 0 fully saturated rings. The van der Waals surface area contributed by atoms with E-state index in [0.717, 1.165) is 4.47 Å². The summed E-state index contributed by atoms with van der Waals surface area (Å²) < 4.78 is 5.36. The van der Waals surface area contributed by atoms with E-state index in [1.807, 2.05) is 0 Å². The molecule has 0 aliphatic carbocycles. The minimum absolute atomic E-state index is 0.121. The van der Waals surface area contributed by atoms with Crippen LogP contribution in [-0.4, -0.2) is 21.8 Å². The molecule has 0 unspecified atom stereocenters. The van der Waals surface area contributed by atoms with E-state index in [1.165, 1.54) is 11.3 Å². The number of anilines is 1. The van der Waals surface area contributed by atoms with Gasteiger partial charge >= 0.3 is 0 Å². The van der Waals surface area contributed by atoms with Crippen LogP contribution in [0.25, 0.3) is 0 Å². The number of benzene rings is 1. The summed E-state index contributed by atoms with van der Waals surface area (Å²) >= 11 is 3.27. The van der Waals surface area contributed by atoms with E-state index >= 15 is 0 Å². The van der Waals surface area contributed by atoms with Gasteiger partial charge in [0, 0.05) is 4.47 Å². The largest absolute Gasteiger partial charge is 0.343 e. The molecule has 7 heteroatoms. The zero-order valence-corrected chi connectivity index (χ0v) is 10.5. The van der Waals surface area contributed by atoms with Crippen LogP contribution in [0.3, 0.4) is 0 Å². The zero-order valence-electron chi connectivity index (χ0n) is 8.96. The molecule has 6 nitrogen and oxygen atoms in total. The van der Waals surface area contributed by atoms with E-state index in [0.29, 0.717) is 17.1 Å². The van der Waals surface area contributed by atoms with Crippen LogP contribution in [0.1, 0.15) is 16.2 Å². The van der Waals surface area contributed by atoms with Crippen LogP contribution in [0, 0.1) is 0 Å². The third kappa shape index (κ3) is 1.63. The maximum Gasteiger partial charge on any atom is 0.299 e. The highest BCUT2D eigenvalue weighted by Crippen LogP contribution is 2.32. The van der Waals surface area contributed by atoms with Crippen molar-refractivity contribution in [3.63, 3.8) is 0 Å². The van der Waals surface area contributed by atoms with E-state index in [1.54, 1.807) is 18.2 Å². The lowest BCUT2D eigenvalue weighted by Crippen LogP contribution is -2.29. The molecule has 0 saturated carbocycles. The van der Waals surface area contributed by atoms with Crippen LogP contribution in [0.4, 0.5) is 5.69 Å². The lowest BCUT2D eigenvalue weighted by molar-refractivity contribution is -0.114. The normalized spacial score (nSPS) is 14.2. The van der Waals surface area contributed by atoms with Crippen LogP contribution in [0.15, 0.2) is 33.6 Å². The van der Waals surface area contributed by atoms with Gasteiger partial charge in [0.1, 0.15) is 0 Å². The molecule has 2 heterocycles. The van der Waals surface area contributed by atoms with Gasteiger partial charge in [-0.15, -0.1) is 0 Å². The number of rotatable bonds is 2. The standard InChI is InChI=1S/C11H6BrN3O3/c12-6-1-2-8-7(3-6)10(16)11(17)15(8)4-9-13-5-18-14-9/h1-3,5H,4H2. The molecule has 3 rings (SSSR count). The Labute approximate surface area is 110 Å². The molecule has 0 N–H and O–H groups in total. The summed E-state index contributed by atoms with van der Waals surface area (Å²) in [4.78, 5) is 28.9. The first-order valence-corrected chi connectivity index (χ1v) is 5.87. The third-order valence-electron chi connectivity index (χ3n) is 2.64. The van der Waals surface area contributed by atoms with Gasteiger partial charge < -0.3 is 4.52 Å². The lowest BCUT2D eigenvalue weighted by Gasteiger charge is -2.13. The SMILES string of the molecule is O=C1C(=O)N(Cc2ncon2)c2ccc(Br)cc21. The Morgan fingerprint density at radius 3 is 2.89 bits per heavy atom. The number of amides is 1. The van der Waals surface area contributed by atoms with E-state index in [9.17, 15) is 9.59 Å². The topological polar surface area (TPSA) is 76.3 Å². The summed E-state index contributed by atoms with van der Waals surface area (Å²) in [5, 5.41) is 3.63. The van der Waals surface area contributed by atoms with Crippen molar-refractivity contribution in [3.05, 3.63) is 40.5 Å². The Bertz CT molecular complexity index is 639.